The Morgan fingerprint density at radius 3 is 2.78 bits per heavy atom. The number of nitrogens with zero attached hydrogens (tertiary/aromatic N) is 5. The lowest BCUT2D eigenvalue weighted by molar-refractivity contribution is -0.129. The summed E-state index contributed by atoms with van der Waals surface area (Å²) >= 11 is 1.57. The van der Waals surface area contributed by atoms with Crippen molar-refractivity contribution in [3.63, 3.8) is 0 Å². The van der Waals surface area contributed by atoms with Crippen molar-refractivity contribution in [3.05, 3.63) is 48.3 Å². The zero-order valence-electron chi connectivity index (χ0n) is 18.4. The Labute approximate surface area is 192 Å². The summed E-state index contributed by atoms with van der Waals surface area (Å²) in [6.07, 6.45) is 5.35. The Hall–Kier alpha value is -3.04. The van der Waals surface area contributed by atoms with Gasteiger partial charge in [-0.15, -0.1) is 0 Å². The van der Waals surface area contributed by atoms with Crippen LogP contribution in [0.15, 0.2) is 42.7 Å². The predicted octanol–water partition coefficient (Wildman–Crippen LogP) is 3.46. The van der Waals surface area contributed by atoms with Gasteiger partial charge in [0.15, 0.2) is 5.13 Å². The monoisotopic (exact) mass is 452 g/mol. The minimum atomic E-state index is 0.0585. The van der Waals surface area contributed by atoms with Crippen LogP contribution >= 0.6 is 11.3 Å². The standard InChI is InChI=1S/C23H28N6O2S/c1-16-6-9-24-22(14-16)27-21-5-3-4-19(26-21)20-15-25-23(32-20)29(12-13-30)18-7-10-28(11-8-18)17(2)31/h3-6,9,14-15,18,30H,7-8,10-13H2,1-2H3,(H,24,26,27). The molecule has 0 spiro atoms. The molecule has 0 radical (unpaired) electrons. The number of likely N-dealkylation sites (tertiary alicyclic amines) is 1. The smallest absolute Gasteiger partial charge is 0.219 e. The van der Waals surface area contributed by atoms with E-state index in [2.05, 4.69) is 20.2 Å². The quantitative estimate of drug-likeness (QED) is 0.567. The van der Waals surface area contributed by atoms with Gasteiger partial charge in [-0.2, -0.15) is 0 Å². The third kappa shape index (κ3) is 5.23. The Balaban J connectivity index is 1.50. The minimum Gasteiger partial charge on any atom is -0.395 e. The molecule has 1 amide bonds. The number of aromatic nitrogens is 3. The Morgan fingerprint density at radius 1 is 1.25 bits per heavy atom. The van der Waals surface area contributed by atoms with E-state index in [1.54, 1.807) is 24.5 Å². The van der Waals surface area contributed by atoms with Gasteiger partial charge in [-0.25, -0.2) is 15.0 Å². The van der Waals surface area contributed by atoms with Crippen molar-refractivity contribution in [2.24, 2.45) is 0 Å². The number of nitrogens with one attached hydrogen (secondary N) is 1. The van der Waals surface area contributed by atoms with Gasteiger partial charge in [0.1, 0.15) is 11.6 Å². The Bertz CT molecular complexity index is 1060. The van der Waals surface area contributed by atoms with Crippen LogP contribution in [0, 0.1) is 6.92 Å². The number of hydrogen-bond donors (Lipinski definition) is 2. The van der Waals surface area contributed by atoms with E-state index in [0.717, 1.165) is 58.8 Å². The molecule has 0 aliphatic carbocycles. The number of pyridine rings is 2. The van der Waals surface area contributed by atoms with E-state index in [9.17, 15) is 9.90 Å². The fourth-order valence-corrected chi connectivity index (χ4v) is 4.91. The lowest BCUT2D eigenvalue weighted by Crippen LogP contribution is -2.47. The summed E-state index contributed by atoms with van der Waals surface area (Å²) < 4.78 is 0. The van der Waals surface area contributed by atoms with Gasteiger partial charge in [0.2, 0.25) is 5.91 Å². The third-order valence-electron chi connectivity index (χ3n) is 5.60. The molecular formula is C23H28N6O2S. The topological polar surface area (TPSA) is 94.5 Å². The molecule has 4 rings (SSSR count). The molecule has 0 bridgehead atoms. The summed E-state index contributed by atoms with van der Waals surface area (Å²) in [7, 11) is 0. The molecule has 1 aliphatic rings. The second-order valence-corrected chi connectivity index (χ2v) is 8.92. The van der Waals surface area contributed by atoms with Crippen LogP contribution in [0.5, 0.6) is 0 Å². The molecule has 0 saturated carbocycles. The van der Waals surface area contributed by atoms with Gasteiger partial charge in [-0.3, -0.25) is 4.79 Å². The van der Waals surface area contributed by atoms with Crippen LogP contribution in [0.2, 0.25) is 0 Å². The van der Waals surface area contributed by atoms with Crippen molar-refractivity contribution >= 4 is 34.0 Å². The van der Waals surface area contributed by atoms with E-state index in [4.69, 9.17) is 4.98 Å². The molecule has 32 heavy (non-hydrogen) atoms. The van der Waals surface area contributed by atoms with E-state index < -0.39 is 0 Å². The highest BCUT2D eigenvalue weighted by molar-refractivity contribution is 7.18. The molecule has 0 atom stereocenters. The first kappa shape index (κ1) is 22.2. The summed E-state index contributed by atoms with van der Waals surface area (Å²) in [5.41, 5.74) is 1.96. The fourth-order valence-electron chi connectivity index (χ4n) is 3.93. The van der Waals surface area contributed by atoms with Crippen molar-refractivity contribution in [2.75, 3.05) is 36.5 Å². The van der Waals surface area contributed by atoms with E-state index in [1.807, 2.05) is 48.4 Å². The van der Waals surface area contributed by atoms with Crippen molar-refractivity contribution in [2.45, 2.75) is 32.7 Å². The van der Waals surface area contributed by atoms with Crippen molar-refractivity contribution in [1.82, 2.24) is 19.9 Å². The number of aliphatic hydroxyl groups excluding tert-OH is 1. The van der Waals surface area contributed by atoms with E-state index in [0.29, 0.717) is 6.54 Å². The van der Waals surface area contributed by atoms with Crippen LogP contribution in [-0.4, -0.2) is 63.1 Å². The molecule has 0 aromatic carbocycles. The molecule has 1 aliphatic heterocycles. The normalized spacial score (nSPS) is 14.4. The molecule has 4 heterocycles. The third-order valence-corrected chi connectivity index (χ3v) is 6.66. The maximum atomic E-state index is 11.6. The van der Waals surface area contributed by atoms with Crippen LogP contribution in [0.25, 0.3) is 10.6 Å². The highest BCUT2D eigenvalue weighted by Crippen LogP contribution is 2.33. The number of carbonyl (C=O) groups excluding carboxylic acids is 1. The maximum absolute atomic E-state index is 11.6. The first-order chi connectivity index (χ1) is 15.5. The number of thiazole rings is 1. The molecule has 8 nitrogen and oxygen atoms in total. The van der Waals surface area contributed by atoms with Gasteiger partial charge in [0.05, 0.1) is 17.2 Å². The Kier molecular flexibility index (Phi) is 6.96. The summed E-state index contributed by atoms with van der Waals surface area (Å²) in [6.45, 7) is 5.70. The van der Waals surface area contributed by atoms with Crippen molar-refractivity contribution in [3.8, 4) is 10.6 Å². The molecule has 2 N–H and O–H groups in total. The van der Waals surface area contributed by atoms with Gasteiger partial charge in [-0.05, 0) is 49.6 Å². The van der Waals surface area contributed by atoms with Crippen LogP contribution < -0.4 is 10.2 Å². The average Bonchev–Trinajstić information content (AvgIpc) is 3.28. The lowest BCUT2D eigenvalue weighted by Gasteiger charge is -2.38. The lowest BCUT2D eigenvalue weighted by atomic mass is 10.0. The number of hydrogen-bond acceptors (Lipinski definition) is 8. The van der Waals surface area contributed by atoms with Crippen LogP contribution in [0.3, 0.4) is 0 Å². The molecule has 168 valence electrons. The highest BCUT2D eigenvalue weighted by atomic mass is 32.1. The SMILES string of the molecule is CC(=O)N1CCC(N(CCO)c2ncc(-c3cccc(Nc4cc(C)ccn4)n3)s2)CC1. The first-order valence-electron chi connectivity index (χ1n) is 10.8. The summed E-state index contributed by atoms with van der Waals surface area (Å²) in [4.78, 5) is 30.4. The summed E-state index contributed by atoms with van der Waals surface area (Å²) in [6, 6.07) is 10.0. The Morgan fingerprint density at radius 2 is 2.06 bits per heavy atom. The second kappa shape index (κ2) is 10.1. The summed E-state index contributed by atoms with van der Waals surface area (Å²) in [5, 5.41) is 13.8. The zero-order chi connectivity index (χ0) is 22.5. The second-order valence-electron chi connectivity index (χ2n) is 7.91. The number of amides is 1. The zero-order valence-corrected chi connectivity index (χ0v) is 19.2. The van der Waals surface area contributed by atoms with E-state index in [-0.39, 0.29) is 18.6 Å². The number of aliphatic hydroxyl groups is 1. The van der Waals surface area contributed by atoms with E-state index in [1.165, 1.54) is 0 Å². The van der Waals surface area contributed by atoms with Gasteiger partial charge >= 0.3 is 0 Å². The molecule has 9 heteroatoms. The highest BCUT2D eigenvalue weighted by Gasteiger charge is 2.27. The van der Waals surface area contributed by atoms with Crippen LogP contribution in [0.1, 0.15) is 25.3 Å². The number of anilines is 3. The molecule has 0 unspecified atom stereocenters. The number of aryl methyl sites for hydroxylation is 1. The van der Waals surface area contributed by atoms with Gasteiger partial charge in [-0.1, -0.05) is 17.4 Å². The maximum Gasteiger partial charge on any atom is 0.219 e. The van der Waals surface area contributed by atoms with Crippen LogP contribution in [0.4, 0.5) is 16.8 Å². The van der Waals surface area contributed by atoms with Gasteiger partial charge < -0.3 is 20.2 Å². The van der Waals surface area contributed by atoms with Crippen LogP contribution in [-0.2, 0) is 4.79 Å². The molecule has 1 fully saturated rings. The van der Waals surface area contributed by atoms with Crippen molar-refractivity contribution in [1.29, 1.82) is 0 Å². The first-order valence-corrected chi connectivity index (χ1v) is 11.6. The number of carbonyl (C=O) groups is 1. The largest absolute Gasteiger partial charge is 0.395 e. The molecule has 3 aromatic heterocycles. The minimum absolute atomic E-state index is 0.0585. The van der Waals surface area contributed by atoms with Gasteiger partial charge in [0, 0.05) is 45.0 Å². The van der Waals surface area contributed by atoms with Gasteiger partial charge in [0.25, 0.3) is 0 Å². The molecule has 3 aromatic rings. The molecule has 1 saturated heterocycles. The average molecular weight is 453 g/mol. The number of piperidine rings is 1. The van der Waals surface area contributed by atoms with E-state index >= 15 is 0 Å². The molecular weight excluding hydrogens is 424 g/mol. The van der Waals surface area contributed by atoms with Crippen molar-refractivity contribution < 1.29 is 9.90 Å². The predicted molar refractivity (Wildman–Crippen MR) is 127 cm³/mol. The fraction of sp³-hybridized carbons (Fsp3) is 0.391. The number of rotatable bonds is 7. The summed E-state index contributed by atoms with van der Waals surface area (Å²) in [5.74, 6) is 1.60.